The van der Waals surface area contributed by atoms with Crippen molar-refractivity contribution in [2.75, 3.05) is 63.1 Å². The van der Waals surface area contributed by atoms with Gasteiger partial charge in [-0.15, -0.1) is 0 Å². The fraction of sp³-hybridized carbons (Fsp3) is 0.500. The molecule has 8 nitrogen and oxygen atoms in total. The minimum absolute atomic E-state index is 0.180. The number of pyridine rings is 1. The van der Waals surface area contributed by atoms with Crippen molar-refractivity contribution in [3.8, 4) is 0 Å². The van der Waals surface area contributed by atoms with Gasteiger partial charge >= 0.3 is 0 Å². The number of benzene rings is 1. The number of hydroxylamine groups is 2. The summed E-state index contributed by atoms with van der Waals surface area (Å²) in [5.74, 6) is 0.770. The van der Waals surface area contributed by atoms with Gasteiger partial charge in [-0.05, 0) is 56.1 Å². The molecule has 2 fully saturated rings. The Morgan fingerprint density at radius 1 is 0.969 bits per heavy atom. The second-order valence-corrected chi connectivity index (χ2v) is 8.81. The number of carbonyl (C=O) groups excluding carboxylic acids is 1. The molecule has 0 spiro atoms. The number of piperazine rings is 1. The van der Waals surface area contributed by atoms with Crippen LogP contribution in [0.5, 0.6) is 0 Å². The van der Waals surface area contributed by atoms with Gasteiger partial charge in [0.15, 0.2) is 0 Å². The van der Waals surface area contributed by atoms with E-state index in [0.29, 0.717) is 0 Å². The van der Waals surface area contributed by atoms with Crippen LogP contribution in [0.4, 0.5) is 17.2 Å². The SMILES string of the molecule is CN1CCN(CC(=O)N(O)Cc2ccc(Nc3ccc(N4CCCCC4)nc3)cc2)CC1. The molecule has 4 rings (SSSR count). The molecule has 0 unspecified atom stereocenters. The molecule has 8 heteroatoms. The van der Waals surface area contributed by atoms with Crippen LogP contribution in [-0.4, -0.2) is 83.8 Å². The van der Waals surface area contributed by atoms with Crippen molar-refractivity contribution >= 4 is 23.1 Å². The Hall–Kier alpha value is -2.68. The van der Waals surface area contributed by atoms with Gasteiger partial charge in [0.25, 0.3) is 5.91 Å². The highest BCUT2D eigenvalue weighted by molar-refractivity contribution is 5.77. The Kier molecular flexibility index (Phi) is 7.57. The lowest BCUT2D eigenvalue weighted by Gasteiger charge is -2.32. The first-order valence-electron chi connectivity index (χ1n) is 11.5. The number of aromatic nitrogens is 1. The van der Waals surface area contributed by atoms with Crippen molar-refractivity contribution < 1.29 is 10.0 Å². The maximum Gasteiger partial charge on any atom is 0.260 e. The van der Waals surface area contributed by atoms with E-state index in [-0.39, 0.29) is 19.0 Å². The zero-order valence-electron chi connectivity index (χ0n) is 18.9. The third kappa shape index (κ3) is 6.18. The summed E-state index contributed by atoms with van der Waals surface area (Å²) in [6.07, 6.45) is 5.65. The molecule has 0 saturated carbocycles. The maximum atomic E-state index is 12.3. The average Bonchev–Trinajstić information content (AvgIpc) is 2.83. The molecule has 0 bridgehead atoms. The summed E-state index contributed by atoms with van der Waals surface area (Å²) in [4.78, 5) is 23.6. The third-order valence-electron chi connectivity index (χ3n) is 6.25. The Bertz CT molecular complexity index is 859. The van der Waals surface area contributed by atoms with Crippen molar-refractivity contribution in [1.82, 2.24) is 19.8 Å². The number of nitrogens with one attached hydrogen (secondary N) is 1. The van der Waals surface area contributed by atoms with Crippen LogP contribution in [0.15, 0.2) is 42.6 Å². The standard InChI is InChI=1S/C24H34N6O2/c1-27-13-15-28(16-14-27)19-24(31)30(32)18-20-5-7-21(8-6-20)26-22-9-10-23(25-17-22)29-11-3-2-4-12-29/h5-10,17,26,32H,2-4,11-16,18-19H2,1H3. The van der Waals surface area contributed by atoms with Crippen LogP contribution in [0.1, 0.15) is 24.8 Å². The first kappa shape index (κ1) is 22.5. The summed E-state index contributed by atoms with van der Waals surface area (Å²) >= 11 is 0. The van der Waals surface area contributed by atoms with Gasteiger partial charge in [0.05, 0.1) is 25.0 Å². The van der Waals surface area contributed by atoms with Crippen molar-refractivity contribution in [3.63, 3.8) is 0 Å². The molecular formula is C24H34N6O2. The van der Waals surface area contributed by atoms with Crippen molar-refractivity contribution in [2.24, 2.45) is 0 Å². The molecule has 32 heavy (non-hydrogen) atoms. The topological polar surface area (TPSA) is 75.2 Å². The molecule has 1 amide bonds. The molecule has 0 aliphatic carbocycles. The van der Waals surface area contributed by atoms with E-state index in [0.717, 1.165) is 67.1 Å². The van der Waals surface area contributed by atoms with Crippen LogP contribution < -0.4 is 10.2 Å². The number of likely N-dealkylation sites (N-methyl/N-ethyl adjacent to an activating group) is 1. The minimum atomic E-state index is -0.267. The predicted octanol–water partition coefficient (Wildman–Crippen LogP) is 2.78. The number of amides is 1. The van der Waals surface area contributed by atoms with Gasteiger partial charge in [-0.25, -0.2) is 10.0 Å². The molecule has 2 N–H and O–H groups in total. The van der Waals surface area contributed by atoms with Crippen LogP contribution in [-0.2, 0) is 11.3 Å². The number of rotatable bonds is 7. The normalized spacial score (nSPS) is 17.9. The smallest absolute Gasteiger partial charge is 0.260 e. The van der Waals surface area contributed by atoms with Gasteiger partial charge in [-0.1, -0.05) is 12.1 Å². The minimum Gasteiger partial charge on any atom is -0.357 e. The molecule has 1 aromatic heterocycles. The van der Waals surface area contributed by atoms with E-state index >= 15 is 0 Å². The molecule has 2 saturated heterocycles. The Balaban J connectivity index is 1.26. The van der Waals surface area contributed by atoms with Crippen molar-refractivity contribution in [1.29, 1.82) is 0 Å². The van der Waals surface area contributed by atoms with Gasteiger partial charge in [0.2, 0.25) is 0 Å². The molecule has 0 radical (unpaired) electrons. The second kappa shape index (κ2) is 10.8. The van der Waals surface area contributed by atoms with Gasteiger partial charge in [0.1, 0.15) is 5.82 Å². The highest BCUT2D eigenvalue weighted by atomic mass is 16.5. The molecule has 0 atom stereocenters. The van der Waals surface area contributed by atoms with Gasteiger partial charge < -0.3 is 15.1 Å². The van der Waals surface area contributed by atoms with E-state index in [1.165, 1.54) is 19.3 Å². The Morgan fingerprint density at radius 2 is 1.66 bits per heavy atom. The molecule has 2 aliphatic heterocycles. The van der Waals surface area contributed by atoms with E-state index in [9.17, 15) is 10.0 Å². The lowest BCUT2D eigenvalue weighted by molar-refractivity contribution is -0.169. The van der Waals surface area contributed by atoms with Crippen LogP contribution in [0.2, 0.25) is 0 Å². The fourth-order valence-electron chi connectivity index (χ4n) is 4.17. The maximum absolute atomic E-state index is 12.3. The van der Waals surface area contributed by atoms with Gasteiger partial charge in [-0.3, -0.25) is 14.9 Å². The number of anilines is 3. The highest BCUT2D eigenvalue weighted by Crippen LogP contribution is 2.21. The zero-order valence-corrected chi connectivity index (χ0v) is 18.9. The summed E-state index contributed by atoms with van der Waals surface area (Å²) < 4.78 is 0. The second-order valence-electron chi connectivity index (χ2n) is 8.81. The molecule has 172 valence electrons. The summed E-state index contributed by atoms with van der Waals surface area (Å²) in [7, 11) is 2.08. The van der Waals surface area contributed by atoms with E-state index in [1.807, 2.05) is 30.5 Å². The van der Waals surface area contributed by atoms with Crippen LogP contribution >= 0.6 is 0 Å². The third-order valence-corrected chi connectivity index (χ3v) is 6.25. The van der Waals surface area contributed by atoms with E-state index in [4.69, 9.17) is 0 Å². The number of hydrogen-bond donors (Lipinski definition) is 2. The number of carbonyl (C=O) groups is 1. The van der Waals surface area contributed by atoms with E-state index in [1.54, 1.807) is 0 Å². The molecule has 2 aliphatic rings. The number of nitrogens with zero attached hydrogens (tertiary/aromatic N) is 5. The Morgan fingerprint density at radius 3 is 2.31 bits per heavy atom. The lowest BCUT2D eigenvalue weighted by atomic mass is 10.1. The number of piperidine rings is 1. The van der Waals surface area contributed by atoms with Crippen molar-refractivity contribution in [2.45, 2.75) is 25.8 Å². The summed E-state index contributed by atoms with van der Waals surface area (Å²) in [5, 5.41) is 14.4. The Labute approximate surface area is 190 Å². The first-order chi connectivity index (χ1) is 15.6. The largest absolute Gasteiger partial charge is 0.357 e. The van der Waals surface area contributed by atoms with Crippen LogP contribution in [0.3, 0.4) is 0 Å². The number of hydrogen-bond acceptors (Lipinski definition) is 7. The summed E-state index contributed by atoms with van der Waals surface area (Å²) in [6, 6.07) is 11.9. The molecule has 1 aromatic carbocycles. The zero-order chi connectivity index (χ0) is 22.3. The monoisotopic (exact) mass is 438 g/mol. The van der Waals surface area contributed by atoms with Crippen molar-refractivity contribution in [3.05, 3.63) is 48.2 Å². The van der Waals surface area contributed by atoms with Crippen LogP contribution in [0.25, 0.3) is 0 Å². The molecular weight excluding hydrogens is 404 g/mol. The molecule has 2 aromatic rings. The lowest BCUT2D eigenvalue weighted by Crippen LogP contribution is -2.48. The van der Waals surface area contributed by atoms with E-state index < -0.39 is 0 Å². The van der Waals surface area contributed by atoms with Gasteiger partial charge in [-0.2, -0.15) is 0 Å². The molecule has 3 heterocycles. The quantitative estimate of drug-likeness (QED) is 0.509. The average molecular weight is 439 g/mol. The highest BCUT2D eigenvalue weighted by Gasteiger charge is 2.19. The summed E-state index contributed by atoms with van der Waals surface area (Å²) in [6.45, 7) is 6.20. The predicted molar refractivity (Wildman–Crippen MR) is 126 cm³/mol. The van der Waals surface area contributed by atoms with Crippen LogP contribution in [0, 0.1) is 0 Å². The van der Waals surface area contributed by atoms with Gasteiger partial charge in [0, 0.05) is 45.0 Å². The summed E-state index contributed by atoms with van der Waals surface area (Å²) in [5.41, 5.74) is 2.75. The van der Waals surface area contributed by atoms with E-state index in [2.05, 4.69) is 44.2 Å². The first-order valence-corrected chi connectivity index (χ1v) is 11.5. The fourth-order valence-corrected chi connectivity index (χ4v) is 4.17.